The Kier molecular flexibility index (Phi) is 16.6. The van der Waals surface area contributed by atoms with E-state index in [0.29, 0.717) is 41.9 Å². The molecule has 3 fully saturated rings. The van der Waals surface area contributed by atoms with Crippen LogP contribution >= 0.6 is 0 Å². The van der Waals surface area contributed by atoms with E-state index in [1.54, 1.807) is 0 Å². The zero-order chi connectivity index (χ0) is 43.0. The quantitative estimate of drug-likeness (QED) is 0.226. The van der Waals surface area contributed by atoms with Gasteiger partial charge in [-0.05, 0) is 96.6 Å². The van der Waals surface area contributed by atoms with Gasteiger partial charge in [0.15, 0.2) is 0 Å². The summed E-state index contributed by atoms with van der Waals surface area (Å²) in [4.78, 5) is 21.2. The van der Waals surface area contributed by atoms with Gasteiger partial charge >= 0.3 is 0 Å². The minimum absolute atomic E-state index is 0.279. The predicted molar refractivity (Wildman–Crippen MR) is 250 cm³/mol. The highest BCUT2D eigenvalue weighted by molar-refractivity contribution is 5.43. The normalized spacial score (nSPS) is 23.5. The second kappa shape index (κ2) is 20.3. The van der Waals surface area contributed by atoms with Crippen LogP contribution in [0.25, 0.3) is 0 Å². The van der Waals surface area contributed by atoms with Crippen LogP contribution in [0.15, 0.2) is 55.0 Å². The van der Waals surface area contributed by atoms with Crippen LogP contribution in [-0.4, -0.2) is 91.5 Å². The molecule has 0 unspecified atom stereocenters. The molecule has 0 radical (unpaired) electrons. The van der Waals surface area contributed by atoms with E-state index >= 15 is 0 Å². The van der Waals surface area contributed by atoms with E-state index < -0.39 is 0 Å². The van der Waals surface area contributed by atoms with Crippen molar-refractivity contribution in [3.63, 3.8) is 0 Å². The average molecular weight is 798 g/mol. The van der Waals surface area contributed by atoms with Gasteiger partial charge in [0.05, 0.1) is 0 Å². The third kappa shape index (κ3) is 13.9. The Labute approximate surface area is 355 Å². The first-order valence-corrected chi connectivity index (χ1v) is 22.4. The fourth-order valence-corrected chi connectivity index (χ4v) is 7.82. The van der Waals surface area contributed by atoms with Gasteiger partial charge in [0, 0.05) is 95.1 Å². The molecule has 58 heavy (non-hydrogen) atoms. The molecule has 0 aromatic carbocycles. The zero-order valence-corrected chi connectivity index (χ0v) is 39.6. The molecule has 6 heterocycles. The standard InChI is InChI=1S/C17H29N3.2C16H27N3/c1-12-10-20(11-13(2)19-12)16-8-7-15(9-18-16)14(3)17(4,5)6;2*1-12-11-19(9-8-17-12)15-7-6-14(10-18-15)13(2)16(3,4)5/h7-9,12-14,19H,10-11H2,1-6H3;2*6-7,10,12-13,17H,8-9,11H2,1-5H3/t12-,13+,14-;12-,13+;12-,13-/m101/s1. The van der Waals surface area contributed by atoms with Gasteiger partial charge < -0.3 is 30.7 Å². The van der Waals surface area contributed by atoms with Crippen molar-refractivity contribution < 1.29 is 0 Å². The summed E-state index contributed by atoms with van der Waals surface area (Å²) in [5, 5.41) is 10.5. The molecule has 9 heteroatoms. The summed E-state index contributed by atoms with van der Waals surface area (Å²) in [6.07, 6.45) is 6.17. The number of anilines is 3. The molecule has 0 aliphatic carbocycles. The van der Waals surface area contributed by atoms with E-state index in [9.17, 15) is 0 Å². The lowest BCUT2D eigenvalue weighted by atomic mass is 9.78. The molecule has 0 saturated carbocycles. The Hall–Kier alpha value is -3.27. The summed E-state index contributed by atoms with van der Waals surface area (Å²) in [6, 6.07) is 15.4. The lowest BCUT2D eigenvalue weighted by Gasteiger charge is -2.37. The summed E-state index contributed by atoms with van der Waals surface area (Å²) in [6.45, 7) is 44.6. The molecule has 324 valence electrons. The third-order valence-electron chi connectivity index (χ3n) is 13.0. The van der Waals surface area contributed by atoms with Crippen molar-refractivity contribution in [1.82, 2.24) is 30.9 Å². The minimum atomic E-state index is 0.279. The molecule has 7 atom stereocenters. The van der Waals surface area contributed by atoms with Crippen LogP contribution in [-0.2, 0) is 0 Å². The number of aromatic nitrogens is 3. The number of hydrogen-bond acceptors (Lipinski definition) is 9. The summed E-state index contributed by atoms with van der Waals surface area (Å²) < 4.78 is 0. The molecule has 6 rings (SSSR count). The first kappa shape index (κ1) is 47.4. The van der Waals surface area contributed by atoms with Crippen molar-refractivity contribution in [2.45, 2.75) is 153 Å². The van der Waals surface area contributed by atoms with Crippen LogP contribution in [0.5, 0.6) is 0 Å². The summed E-state index contributed by atoms with van der Waals surface area (Å²) in [5.41, 5.74) is 4.84. The Morgan fingerprint density at radius 2 is 0.759 bits per heavy atom. The number of pyridine rings is 3. The SMILES string of the molecule is C[C@@H]1CN(c2ccc([C@@H](C)C(C)(C)C)cn2)CCN1.C[C@@H]1CN(c2ccc([C@@H](C)C(C)(C)C)cn2)C[C@H](C)N1.C[C@H](c1ccc(N2CCN[C@@H](C)C2)nc1)C(C)(C)C. The van der Waals surface area contributed by atoms with E-state index in [4.69, 9.17) is 4.98 Å². The van der Waals surface area contributed by atoms with Gasteiger partial charge in [-0.25, -0.2) is 15.0 Å². The molecule has 3 aromatic rings. The molecule has 3 aliphatic heterocycles. The van der Waals surface area contributed by atoms with Crippen molar-refractivity contribution in [2.75, 3.05) is 67.1 Å². The van der Waals surface area contributed by atoms with Gasteiger partial charge in [-0.1, -0.05) is 101 Å². The van der Waals surface area contributed by atoms with E-state index in [-0.39, 0.29) is 16.2 Å². The molecule has 0 spiro atoms. The molecule has 0 bridgehead atoms. The monoisotopic (exact) mass is 798 g/mol. The summed E-state index contributed by atoms with van der Waals surface area (Å²) in [7, 11) is 0. The van der Waals surface area contributed by atoms with E-state index in [1.165, 1.54) is 16.7 Å². The number of rotatable bonds is 6. The predicted octanol–water partition coefficient (Wildman–Crippen LogP) is 9.48. The fraction of sp³-hybridized carbons (Fsp3) is 0.694. The van der Waals surface area contributed by atoms with Crippen LogP contribution in [0.1, 0.15) is 145 Å². The minimum Gasteiger partial charge on any atom is -0.354 e. The Morgan fingerprint density at radius 1 is 0.466 bits per heavy atom. The van der Waals surface area contributed by atoms with Gasteiger partial charge in [-0.15, -0.1) is 0 Å². The molecule has 3 N–H and O–H groups in total. The number of piperazine rings is 3. The van der Waals surface area contributed by atoms with Crippen LogP contribution in [0.4, 0.5) is 17.5 Å². The van der Waals surface area contributed by atoms with E-state index in [0.717, 1.165) is 69.8 Å². The first-order valence-electron chi connectivity index (χ1n) is 22.4. The molecule has 9 nitrogen and oxygen atoms in total. The molecule has 3 saturated heterocycles. The Balaban J connectivity index is 0.000000193. The maximum Gasteiger partial charge on any atom is 0.128 e. The van der Waals surface area contributed by atoms with Gasteiger partial charge in [0.2, 0.25) is 0 Å². The highest BCUT2D eigenvalue weighted by Gasteiger charge is 2.26. The van der Waals surface area contributed by atoms with Crippen molar-refractivity contribution in [1.29, 1.82) is 0 Å². The second-order valence-electron chi connectivity index (χ2n) is 21.1. The van der Waals surface area contributed by atoms with Crippen molar-refractivity contribution in [3.05, 3.63) is 71.7 Å². The molecule has 0 amide bonds. The highest BCUT2D eigenvalue weighted by Crippen LogP contribution is 2.36. The maximum absolute atomic E-state index is 4.70. The van der Waals surface area contributed by atoms with Gasteiger partial charge in [-0.3, -0.25) is 0 Å². The first-order chi connectivity index (χ1) is 27.0. The highest BCUT2D eigenvalue weighted by atomic mass is 15.3. The van der Waals surface area contributed by atoms with E-state index in [1.807, 2.05) is 0 Å². The molecule has 3 aliphatic rings. The van der Waals surface area contributed by atoms with Crippen molar-refractivity contribution in [3.8, 4) is 0 Å². The molecular weight excluding hydrogens is 715 g/mol. The number of hydrogen-bond donors (Lipinski definition) is 3. The third-order valence-corrected chi connectivity index (χ3v) is 13.0. The molecular formula is C49H83N9. The van der Waals surface area contributed by atoms with Crippen LogP contribution < -0.4 is 30.7 Å². The van der Waals surface area contributed by atoms with Crippen LogP contribution in [0.3, 0.4) is 0 Å². The van der Waals surface area contributed by atoms with Gasteiger partial charge in [0.1, 0.15) is 17.5 Å². The number of nitrogens with one attached hydrogen (secondary N) is 3. The largest absolute Gasteiger partial charge is 0.354 e. The van der Waals surface area contributed by atoms with Gasteiger partial charge in [0.25, 0.3) is 0 Å². The maximum atomic E-state index is 4.70. The summed E-state index contributed by atoms with van der Waals surface area (Å²) >= 11 is 0. The van der Waals surface area contributed by atoms with Crippen LogP contribution in [0.2, 0.25) is 0 Å². The van der Waals surface area contributed by atoms with Crippen molar-refractivity contribution >= 4 is 17.5 Å². The molecule has 3 aromatic heterocycles. The fourth-order valence-electron chi connectivity index (χ4n) is 7.82. The van der Waals surface area contributed by atoms with Crippen molar-refractivity contribution in [2.24, 2.45) is 16.2 Å². The lowest BCUT2D eigenvalue weighted by molar-refractivity contribution is 0.339. The van der Waals surface area contributed by atoms with Crippen LogP contribution in [0, 0.1) is 16.2 Å². The lowest BCUT2D eigenvalue weighted by Crippen LogP contribution is -2.54. The number of nitrogens with zero attached hydrogens (tertiary/aromatic N) is 6. The topological polar surface area (TPSA) is 84.5 Å². The smallest absolute Gasteiger partial charge is 0.128 e. The zero-order valence-electron chi connectivity index (χ0n) is 39.6. The Bertz CT molecular complexity index is 1540. The Morgan fingerprint density at radius 3 is 1.02 bits per heavy atom. The summed E-state index contributed by atoms with van der Waals surface area (Å²) in [5.74, 6) is 4.89. The average Bonchev–Trinajstić information content (AvgIpc) is 3.16. The van der Waals surface area contributed by atoms with Gasteiger partial charge in [-0.2, -0.15) is 0 Å². The van der Waals surface area contributed by atoms with E-state index in [2.05, 4.69) is 206 Å². The second-order valence-corrected chi connectivity index (χ2v) is 21.1.